The predicted molar refractivity (Wildman–Crippen MR) is 104 cm³/mol. The van der Waals surface area contributed by atoms with Gasteiger partial charge >= 0.3 is 0 Å². The van der Waals surface area contributed by atoms with Crippen LogP contribution in [-0.2, 0) is 15.0 Å². The molecule has 1 saturated heterocycles. The average Bonchev–Trinajstić information content (AvgIpc) is 3.09. The molecule has 2 atom stereocenters. The van der Waals surface area contributed by atoms with Gasteiger partial charge in [-0.25, -0.2) is 9.98 Å². The smallest absolute Gasteiger partial charge is 0.292 e. The van der Waals surface area contributed by atoms with Crippen LogP contribution < -0.4 is 11.1 Å². The maximum absolute atomic E-state index is 12.5. The Labute approximate surface area is 161 Å². The fourth-order valence-electron chi connectivity index (χ4n) is 3.55. The standard InChI is InChI=1S/C19H22N4O3S/c1-18(2)8-13-9-25-17(22-15(24)12-6-4-3-5-7-12)23-19(13,11-26-18)16-21-14(20)10-27-16/h3-7,10,13H,8-9,11,20H2,1-2H3,(H,22,23,24)/t13-,19-/m0/s1. The zero-order valence-electron chi connectivity index (χ0n) is 15.3. The van der Waals surface area contributed by atoms with Gasteiger partial charge in [-0.1, -0.05) is 18.2 Å². The quantitative estimate of drug-likeness (QED) is 0.826. The molecule has 0 aliphatic carbocycles. The lowest BCUT2D eigenvalue weighted by molar-refractivity contribution is -0.128. The second-order valence-electron chi connectivity index (χ2n) is 7.50. The van der Waals surface area contributed by atoms with Crippen LogP contribution >= 0.6 is 11.3 Å². The van der Waals surface area contributed by atoms with Crippen molar-refractivity contribution in [1.29, 1.82) is 0 Å². The van der Waals surface area contributed by atoms with Crippen LogP contribution in [0.2, 0.25) is 0 Å². The summed E-state index contributed by atoms with van der Waals surface area (Å²) in [6.45, 7) is 4.92. The van der Waals surface area contributed by atoms with Crippen molar-refractivity contribution in [3.05, 3.63) is 46.3 Å². The molecule has 1 fully saturated rings. The van der Waals surface area contributed by atoms with Crippen molar-refractivity contribution >= 4 is 29.1 Å². The number of anilines is 1. The van der Waals surface area contributed by atoms with Gasteiger partial charge in [0.25, 0.3) is 11.9 Å². The van der Waals surface area contributed by atoms with Crippen LogP contribution in [0.15, 0.2) is 40.7 Å². The monoisotopic (exact) mass is 386 g/mol. The van der Waals surface area contributed by atoms with Crippen molar-refractivity contribution in [3.8, 4) is 0 Å². The van der Waals surface area contributed by atoms with Crippen molar-refractivity contribution in [2.45, 2.75) is 31.4 Å². The highest BCUT2D eigenvalue weighted by molar-refractivity contribution is 7.10. The number of amides is 1. The molecule has 27 heavy (non-hydrogen) atoms. The molecule has 0 unspecified atom stereocenters. The number of nitrogens with one attached hydrogen (secondary N) is 1. The first-order chi connectivity index (χ1) is 12.9. The predicted octanol–water partition coefficient (Wildman–Crippen LogP) is 2.55. The third kappa shape index (κ3) is 3.42. The van der Waals surface area contributed by atoms with Gasteiger partial charge in [0.15, 0.2) is 0 Å². The Balaban J connectivity index is 1.67. The van der Waals surface area contributed by atoms with E-state index in [-0.39, 0.29) is 23.4 Å². The van der Waals surface area contributed by atoms with Crippen LogP contribution in [-0.4, -0.2) is 35.7 Å². The van der Waals surface area contributed by atoms with E-state index in [9.17, 15) is 4.79 Å². The fourth-order valence-corrected chi connectivity index (χ4v) is 4.47. The lowest BCUT2D eigenvalue weighted by atomic mass is 9.76. The molecule has 7 nitrogen and oxygen atoms in total. The number of aliphatic imine (C=N–C) groups is 1. The molecule has 2 aliphatic heterocycles. The number of carbonyl (C=O) groups excluding carboxylic acids is 1. The Morgan fingerprint density at radius 3 is 2.81 bits per heavy atom. The van der Waals surface area contributed by atoms with Gasteiger partial charge in [0, 0.05) is 16.9 Å². The number of fused-ring (bicyclic) bond motifs is 1. The first-order valence-electron chi connectivity index (χ1n) is 8.82. The molecular weight excluding hydrogens is 364 g/mol. The lowest BCUT2D eigenvalue weighted by Crippen LogP contribution is -2.55. The molecule has 2 aliphatic rings. The fraction of sp³-hybridized carbons (Fsp3) is 0.421. The van der Waals surface area contributed by atoms with Crippen molar-refractivity contribution in [2.75, 3.05) is 18.9 Å². The summed E-state index contributed by atoms with van der Waals surface area (Å²) in [5, 5.41) is 5.36. The van der Waals surface area contributed by atoms with E-state index in [0.717, 1.165) is 11.4 Å². The number of hydrogen-bond donors (Lipinski definition) is 2. The van der Waals surface area contributed by atoms with Gasteiger partial charge < -0.3 is 15.2 Å². The minimum absolute atomic E-state index is 0.0872. The van der Waals surface area contributed by atoms with E-state index < -0.39 is 5.54 Å². The number of carbonyl (C=O) groups is 1. The molecule has 8 heteroatoms. The van der Waals surface area contributed by atoms with E-state index in [2.05, 4.69) is 24.1 Å². The maximum atomic E-state index is 12.5. The highest BCUT2D eigenvalue weighted by atomic mass is 32.1. The molecule has 0 bridgehead atoms. The number of thiazole rings is 1. The zero-order valence-corrected chi connectivity index (χ0v) is 16.1. The topological polar surface area (TPSA) is 98.8 Å². The Morgan fingerprint density at radius 2 is 2.11 bits per heavy atom. The maximum Gasteiger partial charge on any atom is 0.292 e. The van der Waals surface area contributed by atoms with Crippen LogP contribution in [0.3, 0.4) is 0 Å². The largest absolute Gasteiger partial charge is 0.465 e. The number of nitrogen functional groups attached to an aromatic ring is 1. The molecule has 0 saturated carbocycles. The van der Waals surface area contributed by atoms with E-state index in [0.29, 0.717) is 24.6 Å². The first-order valence-corrected chi connectivity index (χ1v) is 9.70. The molecule has 0 spiro atoms. The summed E-state index contributed by atoms with van der Waals surface area (Å²) in [5.41, 5.74) is 5.44. The SMILES string of the molecule is CC1(C)C[C@H]2COC(NC(=O)c3ccccc3)=N[C@@]2(c2nc(N)cs2)CO1. The second-order valence-corrected chi connectivity index (χ2v) is 8.36. The molecule has 3 N–H and O–H groups in total. The molecule has 0 radical (unpaired) electrons. The van der Waals surface area contributed by atoms with Crippen molar-refractivity contribution in [3.63, 3.8) is 0 Å². The highest BCUT2D eigenvalue weighted by Crippen LogP contribution is 2.47. The number of amidine groups is 1. The zero-order chi connectivity index (χ0) is 19.1. The van der Waals surface area contributed by atoms with Gasteiger partial charge in [-0.15, -0.1) is 11.3 Å². The minimum atomic E-state index is -0.699. The highest BCUT2D eigenvalue weighted by Gasteiger charge is 2.53. The molecule has 1 amide bonds. The van der Waals surface area contributed by atoms with Gasteiger partial charge in [-0.2, -0.15) is 0 Å². The number of aromatic nitrogens is 1. The molecular formula is C19H22N4O3S. The number of nitrogens with zero attached hydrogens (tertiary/aromatic N) is 2. The second kappa shape index (κ2) is 6.61. The third-order valence-electron chi connectivity index (χ3n) is 4.97. The Hall–Kier alpha value is -2.45. The Kier molecular flexibility index (Phi) is 4.39. The number of rotatable bonds is 2. The summed E-state index contributed by atoms with van der Waals surface area (Å²) in [5.74, 6) is 0.285. The minimum Gasteiger partial charge on any atom is -0.465 e. The summed E-state index contributed by atoms with van der Waals surface area (Å²) >= 11 is 1.46. The van der Waals surface area contributed by atoms with E-state index in [1.54, 1.807) is 17.5 Å². The molecule has 4 rings (SSSR count). The van der Waals surface area contributed by atoms with Crippen LogP contribution in [0.25, 0.3) is 0 Å². The summed E-state index contributed by atoms with van der Waals surface area (Å²) < 4.78 is 11.9. The van der Waals surface area contributed by atoms with Crippen LogP contribution in [0.5, 0.6) is 0 Å². The van der Waals surface area contributed by atoms with Gasteiger partial charge in [-0.05, 0) is 32.4 Å². The Morgan fingerprint density at radius 1 is 1.33 bits per heavy atom. The van der Waals surface area contributed by atoms with Crippen molar-refractivity contribution in [2.24, 2.45) is 10.9 Å². The summed E-state index contributed by atoms with van der Waals surface area (Å²) in [6, 6.07) is 9.16. The lowest BCUT2D eigenvalue weighted by Gasteiger charge is -2.47. The molecule has 142 valence electrons. The van der Waals surface area contributed by atoms with Gasteiger partial charge in [-0.3, -0.25) is 10.1 Å². The average molecular weight is 386 g/mol. The molecule has 1 aromatic carbocycles. The van der Waals surface area contributed by atoms with Gasteiger partial charge in [0.1, 0.15) is 16.4 Å². The van der Waals surface area contributed by atoms with Crippen LogP contribution in [0.1, 0.15) is 35.6 Å². The van der Waals surface area contributed by atoms with E-state index in [4.69, 9.17) is 20.2 Å². The number of benzene rings is 1. The van der Waals surface area contributed by atoms with E-state index in [1.165, 1.54) is 11.3 Å². The normalized spacial score (nSPS) is 26.4. The Bertz CT molecular complexity index is 880. The van der Waals surface area contributed by atoms with Crippen LogP contribution in [0, 0.1) is 5.92 Å². The molecule has 2 aromatic rings. The number of nitrogens with two attached hydrogens (primary N) is 1. The van der Waals surface area contributed by atoms with Crippen molar-refractivity contribution < 1.29 is 14.3 Å². The molecule has 3 heterocycles. The first kappa shape index (κ1) is 17.9. The number of hydrogen-bond acceptors (Lipinski definition) is 7. The summed E-state index contributed by atoms with van der Waals surface area (Å²) in [4.78, 5) is 21.7. The third-order valence-corrected chi connectivity index (χ3v) is 5.99. The summed E-state index contributed by atoms with van der Waals surface area (Å²) in [6.07, 6.45) is 0.774. The van der Waals surface area contributed by atoms with Gasteiger partial charge in [0.05, 0.1) is 18.8 Å². The van der Waals surface area contributed by atoms with Gasteiger partial charge in [0.2, 0.25) is 0 Å². The van der Waals surface area contributed by atoms with E-state index in [1.807, 2.05) is 18.2 Å². The van der Waals surface area contributed by atoms with Crippen LogP contribution in [0.4, 0.5) is 5.82 Å². The van der Waals surface area contributed by atoms with E-state index >= 15 is 0 Å². The van der Waals surface area contributed by atoms with Crippen molar-refractivity contribution in [1.82, 2.24) is 10.3 Å². The molecule has 1 aromatic heterocycles. The summed E-state index contributed by atoms with van der Waals surface area (Å²) in [7, 11) is 0. The number of ether oxygens (including phenoxy) is 2.